The molecule has 0 unspecified atom stereocenters. The number of esters is 2. The van der Waals surface area contributed by atoms with Crippen molar-refractivity contribution in [3.63, 3.8) is 0 Å². The van der Waals surface area contributed by atoms with Crippen molar-refractivity contribution < 1.29 is 23.8 Å². The largest absolute Gasteiger partial charge is 0.493 e. The van der Waals surface area contributed by atoms with Gasteiger partial charge in [-0.1, -0.05) is 51.3 Å². The molecule has 0 bridgehead atoms. The van der Waals surface area contributed by atoms with E-state index in [-0.39, 0.29) is 6.61 Å². The van der Waals surface area contributed by atoms with E-state index in [1.807, 2.05) is 12.1 Å². The van der Waals surface area contributed by atoms with Crippen molar-refractivity contribution in [3.05, 3.63) is 72.3 Å². The minimum absolute atomic E-state index is 0.272. The summed E-state index contributed by atoms with van der Waals surface area (Å²) in [6, 6.07) is 14.8. The quantitative estimate of drug-likeness (QED) is 0.131. The van der Waals surface area contributed by atoms with Crippen LogP contribution in [0, 0.1) is 5.92 Å². The Hall–Kier alpha value is -3.08. The standard InChI is InChI=1S/C30H38O5/c1-3-5-6-8-23-9-11-24(12-10-23)25-13-19-28(20-14-25)35-30(32)26-15-17-27(18-16-26)33-21-7-22-34-29(31)4-2/h4,13-20,23-24H,2-3,5-12,21-22H2,1H3. The lowest BCUT2D eigenvalue weighted by molar-refractivity contribution is -0.137. The van der Waals surface area contributed by atoms with Gasteiger partial charge in [0.1, 0.15) is 11.5 Å². The minimum atomic E-state index is -0.442. The van der Waals surface area contributed by atoms with E-state index in [9.17, 15) is 9.59 Å². The zero-order chi connectivity index (χ0) is 24.9. The monoisotopic (exact) mass is 478 g/mol. The highest BCUT2D eigenvalue weighted by molar-refractivity contribution is 5.91. The van der Waals surface area contributed by atoms with Crippen LogP contribution in [0.1, 0.15) is 86.6 Å². The van der Waals surface area contributed by atoms with E-state index in [2.05, 4.69) is 25.6 Å². The van der Waals surface area contributed by atoms with Gasteiger partial charge in [-0.15, -0.1) is 0 Å². The van der Waals surface area contributed by atoms with Crippen LogP contribution in [0.3, 0.4) is 0 Å². The van der Waals surface area contributed by atoms with Gasteiger partial charge in [0.15, 0.2) is 0 Å². The smallest absolute Gasteiger partial charge is 0.343 e. The lowest BCUT2D eigenvalue weighted by atomic mass is 9.77. The van der Waals surface area contributed by atoms with Crippen LogP contribution in [-0.2, 0) is 9.53 Å². The molecule has 0 amide bonds. The Balaban J connectivity index is 1.40. The maximum absolute atomic E-state index is 12.5. The van der Waals surface area contributed by atoms with Crippen molar-refractivity contribution in [2.24, 2.45) is 5.92 Å². The van der Waals surface area contributed by atoms with Gasteiger partial charge < -0.3 is 14.2 Å². The van der Waals surface area contributed by atoms with Gasteiger partial charge in [-0.25, -0.2) is 9.59 Å². The number of unbranched alkanes of at least 4 members (excludes halogenated alkanes) is 2. The van der Waals surface area contributed by atoms with Gasteiger partial charge in [-0.3, -0.25) is 0 Å². The molecule has 188 valence electrons. The van der Waals surface area contributed by atoms with Crippen LogP contribution < -0.4 is 9.47 Å². The lowest BCUT2D eigenvalue weighted by Gasteiger charge is -2.29. The SMILES string of the molecule is C=CC(=O)OCCCOc1ccc(C(=O)Oc2ccc(C3CCC(CCCCC)CC3)cc2)cc1. The fourth-order valence-electron chi connectivity index (χ4n) is 4.61. The molecule has 5 nitrogen and oxygen atoms in total. The molecule has 0 aliphatic heterocycles. The van der Waals surface area contributed by atoms with Crippen molar-refractivity contribution in [2.75, 3.05) is 13.2 Å². The summed E-state index contributed by atoms with van der Waals surface area (Å²) in [7, 11) is 0. The van der Waals surface area contributed by atoms with Crippen LogP contribution in [-0.4, -0.2) is 25.2 Å². The Bertz CT molecular complexity index is 924. The van der Waals surface area contributed by atoms with Gasteiger partial charge in [-0.05, 0) is 79.5 Å². The molecule has 35 heavy (non-hydrogen) atoms. The second-order valence-electron chi connectivity index (χ2n) is 9.27. The van der Waals surface area contributed by atoms with Gasteiger partial charge in [0.2, 0.25) is 0 Å². The topological polar surface area (TPSA) is 61.8 Å². The Kier molecular flexibility index (Phi) is 10.9. The summed E-state index contributed by atoms with van der Waals surface area (Å²) < 4.78 is 16.1. The summed E-state index contributed by atoms with van der Waals surface area (Å²) in [4.78, 5) is 23.5. The van der Waals surface area contributed by atoms with Gasteiger partial charge in [0, 0.05) is 12.5 Å². The van der Waals surface area contributed by atoms with Gasteiger partial charge >= 0.3 is 11.9 Å². The van der Waals surface area contributed by atoms with Crippen LogP contribution in [0.15, 0.2) is 61.2 Å². The average molecular weight is 479 g/mol. The van der Waals surface area contributed by atoms with Gasteiger partial charge in [0.25, 0.3) is 0 Å². The molecule has 0 N–H and O–H groups in total. The molecule has 2 aromatic rings. The molecular weight excluding hydrogens is 440 g/mol. The van der Waals surface area contributed by atoms with Gasteiger partial charge in [0.05, 0.1) is 18.8 Å². The minimum Gasteiger partial charge on any atom is -0.493 e. The van der Waals surface area contributed by atoms with Gasteiger partial charge in [-0.2, -0.15) is 0 Å². The third kappa shape index (κ3) is 8.89. The third-order valence-electron chi connectivity index (χ3n) is 6.68. The molecule has 2 aromatic carbocycles. The zero-order valence-electron chi connectivity index (χ0n) is 20.9. The fraction of sp³-hybridized carbons (Fsp3) is 0.467. The van der Waals surface area contributed by atoms with E-state index >= 15 is 0 Å². The lowest BCUT2D eigenvalue weighted by Crippen LogP contribution is -2.13. The van der Waals surface area contributed by atoms with Crippen LogP contribution in [0.25, 0.3) is 0 Å². The highest BCUT2D eigenvalue weighted by atomic mass is 16.5. The predicted molar refractivity (Wildman–Crippen MR) is 138 cm³/mol. The zero-order valence-corrected chi connectivity index (χ0v) is 20.9. The summed E-state index contributed by atoms with van der Waals surface area (Å²) >= 11 is 0. The fourth-order valence-corrected chi connectivity index (χ4v) is 4.61. The van der Waals surface area contributed by atoms with Crippen molar-refractivity contribution >= 4 is 11.9 Å². The molecule has 0 spiro atoms. The van der Waals surface area contributed by atoms with E-state index in [0.717, 1.165) is 12.0 Å². The molecule has 0 aromatic heterocycles. The number of hydrogen-bond donors (Lipinski definition) is 0. The Morgan fingerprint density at radius 1 is 0.886 bits per heavy atom. The number of benzene rings is 2. The molecule has 0 atom stereocenters. The molecule has 1 aliphatic carbocycles. The maximum atomic E-state index is 12.5. The molecule has 0 saturated heterocycles. The Morgan fingerprint density at radius 2 is 1.57 bits per heavy atom. The van der Waals surface area contributed by atoms with Crippen molar-refractivity contribution in [1.82, 2.24) is 0 Å². The number of carbonyl (C=O) groups excluding carboxylic acids is 2. The van der Waals surface area contributed by atoms with Crippen LogP contribution >= 0.6 is 0 Å². The van der Waals surface area contributed by atoms with E-state index in [0.29, 0.717) is 36.0 Å². The predicted octanol–water partition coefficient (Wildman–Crippen LogP) is 7.26. The number of rotatable bonds is 13. The molecule has 1 aliphatic rings. The summed E-state index contributed by atoms with van der Waals surface area (Å²) in [5.74, 6) is 1.87. The highest BCUT2D eigenvalue weighted by Gasteiger charge is 2.22. The third-order valence-corrected chi connectivity index (χ3v) is 6.68. The molecule has 3 rings (SSSR count). The van der Waals surface area contributed by atoms with Crippen LogP contribution in [0.4, 0.5) is 0 Å². The number of hydrogen-bond acceptors (Lipinski definition) is 5. The number of carbonyl (C=O) groups is 2. The Labute approximate surface area is 209 Å². The van der Waals surface area contributed by atoms with Crippen LogP contribution in [0.2, 0.25) is 0 Å². The molecular formula is C30H38O5. The normalized spacial score (nSPS) is 17.4. The summed E-state index contributed by atoms with van der Waals surface area (Å²) in [5, 5.41) is 0. The van der Waals surface area contributed by atoms with Crippen molar-refractivity contribution in [1.29, 1.82) is 0 Å². The maximum Gasteiger partial charge on any atom is 0.343 e. The summed E-state index contributed by atoms with van der Waals surface area (Å²) in [5.41, 5.74) is 1.81. The number of ether oxygens (including phenoxy) is 3. The first-order valence-electron chi connectivity index (χ1n) is 12.9. The molecule has 1 fully saturated rings. The van der Waals surface area contributed by atoms with E-state index in [1.54, 1.807) is 24.3 Å². The second kappa shape index (κ2) is 14.3. The molecule has 1 saturated carbocycles. The summed E-state index contributed by atoms with van der Waals surface area (Å²) in [6.07, 6.45) is 12.3. The first kappa shape index (κ1) is 26.5. The first-order valence-corrected chi connectivity index (χ1v) is 12.9. The first-order chi connectivity index (χ1) is 17.1. The van der Waals surface area contributed by atoms with E-state index < -0.39 is 11.9 Å². The van der Waals surface area contributed by atoms with Crippen LogP contribution in [0.5, 0.6) is 11.5 Å². The summed E-state index contributed by atoms with van der Waals surface area (Å²) in [6.45, 7) is 6.29. The van der Waals surface area contributed by atoms with Crippen molar-refractivity contribution in [2.45, 2.75) is 70.6 Å². The molecule has 5 heteroatoms. The average Bonchev–Trinajstić information content (AvgIpc) is 2.89. The van der Waals surface area contributed by atoms with Crippen molar-refractivity contribution in [3.8, 4) is 11.5 Å². The molecule has 0 radical (unpaired) electrons. The molecule has 0 heterocycles. The van der Waals surface area contributed by atoms with E-state index in [1.165, 1.54) is 56.9 Å². The Morgan fingerprint density at radius 3 is 2.23 bits per heavy atom. The second-order valence-corrected chi connectivity index (χ2v) is 9.27. The van der Waals surface area contributed by atoms with E-state index in [4.69, 9.17) is 14.2 Å². The highest BCUT2D eigenvalue weighted by Crippen LogP contribution is 2.38.